The number of amides is 15. The van der Waals surface area contributed by atoms with Crippen molar-refractivity contribution in [3.05, 3.63) is 114 Å². The van der Waals surface area contributed by atoms with E-state index < -0.39 is 248 Å². The SMILES string of the molecule is CCCC[C@@H](C(=O)N[C@H]1CSSC[C@@H](C(=O)N[C@@H](Cc2c[nH]c3ccccc23)C(=O)N2CCC[C@H]2C(N)=O)NC(=O)[C@H](CC(=O)O)NC(=O)[C@H](CCCCNC(=O)CN2CCN(CC(=O)O)CCN(CC(=O)O)CCN(CC(=O)O)CC2)NC(=O)[C@H](Cc2ccc3ccccc3c2)NC(=O)[C@H](CC(N)=O)NC(=O)[C@H](CC2CCNCC2)NC1=O)N(C)C(=O)[C@@H](NC(=O)[C@H](Cc1c[nH]c2c(OC)cccc12)NC(C)=O)[C@@H](C)O. The lowest BCUT2D eigenvalue weighted by molar-refractivity contribution is -0.145. The number of nitrogens with two attached hydrogens (primary N) is 2. The molecular formula is C98H136N22O25S2. The van der Waals surface area contributed by atoms with Crippen LogP contribution in [0.25, 0.3) is 32.6 Å². The van der Waals surface area contributed by atoms with Crippen molar-refractivity contribution in [1.82, 2.24) is 103 Å². The molecule has 147 heavy (non-hydrogen) atoms. The van der Waals surface area contributed by atoms with Crippen LogP contribution in [0.15, 0.2) is 97.3 Å². The maximum absolute atomic E-state index is 15.8. The fourth-order valence-electron chi connectivity index (χ4n) is 18.4. The molecule has 10 rings (SSSR count). The third kappa shape index (κ3) is 35.3. The maximum atomic E-state index is 15.8. The molecule has 0 bridgehead atoms. The fraction of sp³-hybridized carbons (Fsp3) is 0.541. The number of aliphatic hydroxyl groups excluding tert-OH is 1. The van der Waals surface area contributed by atoms with E-state index in [4.69, 9.17) is 16.2 Å². The zero-order valence-electron chi connectivity index (χ0n) is 82.9. The van der Waals surface area contributed by atoms with Crippen molar-refractivity contribution in [2.75, 3.05) is 130 Å². The summed E-state index contributed by atoms with van der Waals surface area (Å²) in [5.41, 5.74) is 14.5. The van der Waals surface area contributed by atoms with Crippen molar-refractivity contribution in [2.24, 2.45) is 17.4 Å². The first-order chi connectivity index (χ1) is 70.2. The Balaban J connectivity index is 1.02. The first-order valence-electron chi connectivity index (χ1n) is 49.2. The van der Waals surface area contributed by atoms with Gasteiger partial charge < -0.3 is 125 Å². The zero-order chi connectivity index (χ0) is 107. The second-order valence-electron chi connectivity index (χ2n) is 37.4. The average molecular weight is 2090 g/mol. The second kappa shape index (κ2) is 56.9. The van der Waals surface area contributed by atoms with Crippen molar-refractivity contribution in [3.63, 3.8) is 0 Å². The van der Waals surface area contributed by atoms with Gasteiger partial charge in [-0.15, -0.1) is 0 Å². The van der Waals surface area contributed by atoms with Gasteiger partial charge in [0.2, 0.25) is 88.6 Å². The molecule has 800 valence electrons. The Bertz CT molecular complexity index is 5630. The number of fused-ring (bicyclic) bond motifs is 3. The number of ether oxygens (including phenoxy) is 1. The Labute approximate surface area is 856 Å². The lowest BCUT2D eigenvalue weighted by Gasteiger charge is -2.33. The number of likely N-dealkylation sites (N-methyl/N-ethyl adjacent to an activating group) is 1. The van der Waals surface area contributed by atoms with E-state index in [9.17, 15) is 68.7 Å². The van der Waals surface area contributed by atoms with E-state index >= 15 is 47.9 Å². The van der Waals surface area contributed by atoms with Gasteiger partial charge in [-0.1, -0.05) is 114 Å². The lowest BCUT2D eigenvalue weighted by Crippen LogP contribution is -2.62. The Hall–Kier alpha value is -13.6. The number of nitrogens with one attached hydrogen (secondary N) is 14. The highest BCUT2D eigenvalue weighted by Gasteiger charge is 2.44. The summed E-state index contributed by atoms with van der Waals surface area (Å²) in [6, 6.07) is 3.90. The van der Waals surface area contributed by atoms with Crippen LogP contribution >= 0.6 is 21.6 Å². The number of benzene rings is 4. The van der Waals surface area contributed by atoms with Gasteiger partial charge in [0, 0.05) is 139 Å². The summed E-state index contributed by atoms with van der Waals surface area (Å²) < 4.78 is 5.52. The van der Waals surface area contributed by atoms with E-state index in [0.29, 0.717) is 88.4 Å². The van der Waals surface area contributed by atoms with Crippen LogP contribution in [0.2, 0.25) is 0 Å². The van der Waals surface area contributed by atoms with E-state index in [1.807, 2.05) is 6.07 Å². The van der Waals surface area contributed by atoms with E-state index in [0.717, 1.165) is 31.9 Å². The number of aliphatic carboxylic acids is 4. The van der Waals surface area contributed by atoms with Crippen molar-refractivity contribution in [1.29, 1.82) is 0 Å². The number of hydrogen-bond donors (Lipinski definition) is 21. The number of piperidine rings is 1. The molecule has 0 aliphatic carbocycles. The van der Waals surface area contributed by atoms with E-state index in [-0.39, 0.29) is 129 Å². The van der Waals surface area contributed by atoms with Gasteiger partial charge in [0.1, 0.15) is 78.3 Å². The normalized spacial score (nSPS) is 21.3. The van der Waals surface area contributed by atoms with E-state index in [1.165, 1.54) is 32.9 Å². The quantitative estimate of drug-likeness (QED) is 0.0139. The highest BCUT2D eigenvalue weighted by Crippen LogP contribution is 2.31. The minimum Gasteiger partial charge on any atom is -0.495 e. The second-order valence-corrected chi connectivity index (χ2v) is 40.0. The van der Waals surface area contributed by atoms with E-state index in [1.54, 1.807) is 118 Å². The minimum absolute atomic E-state index is 0.0208. The number of carbonyl (C=O) groups excluding carboxylic acids is 15. The molecule has 23 N–H and O–H groups in total. The van der Waals surface area contributed by atoms with Crippen LogP contribution in [0.1, 0.15) is 121 Å². The molecule has 0 unspecified atom stereocenters. The maximum Gasteiger partial charge on any atom is 0.317 e. The van der Waals surface area contributed by atoms with Gasteiger partial charge >= 0.3 is 23.9 Å². The van der Waals surface area contributed by atoms with Crippen molar-refractivity contribution in [2.45, 2.75) is 202 Å². The fourth-order valence-corrected chi connectivity index (χ4v) is 20.8. The molecule has 0 spiro atoms. The van der Waals surface area contributed by atoms with Crippen molar-refractivity contribution < 1.29 is 121 Å². The first kappa shape index (κ1) is 115. The summed E-state index contributed by atoms with van der Waals surface area (Å²) in [6.07, 6.45) is -0.155. The molecule has 47 nitrogen and oxygen atoms in total. The van der Waals surface area contributed by atoms with Crippen molar-refractivity contribution >= 4 is 167 Å². The molecule has 4 fully saturated rings. The number of hydrogen-bond acceptors (Lipinski definition) is 28. The Morgan fingerprint density at radius 1 is 0.565 bits per heavy atom. The zero-order valence-corrected chi connectivity index (χ0v) is 84.6. The molecule has 0 saturated carbocycles. The largest absolute Gasteiger partial charge is 0.495 e. The van der Waals surface area contributed by atoms with Crippen LogP contribution in [0.3, 0.4) is 0 Å². The van der Waals surface area contributed by atoms with Gasteiger partial charge in [-0.05, 0) is 123 Å². The Morgan fingerprint density at radius 3 is 1.74 bits per heavy atom. The predicted octanol–water partition coefficient (Wildman–Crippen LogP) is -2.52. The van der Waals surface area contributed by atoms with Crippen LogP contribution in [0, 0.1) is 5.92 Å². The number of methoxy groups -OCH3 is 1. The average Bonchev–Trinajstić information content (AvgIpc) is 1.67. The number of likely N-dealkylation sites (tertiary alicyclic amines) is 1. The predicted molar refractivity (Wildman–Crippen MR) is 542 cm³/mol. The molecule has 4 aliphatic rings. The van der Waals surface area contributed by atoms with Crippen LogP contribution < -0.4 is 80.0 Å². The third-order valence-electron chi connectivity index (χ3n) is 26.3. The molecule has 49 heteroatoms. The molecule has 4 saturated heterocycles. The van der Waals surface area contributed by atoms with Crippen LogP contribution in [-0.2, 0) is 110 Å². The molecule has 13 atom stereocenters. The summed E-state index contributed by atoms with van der Waals surface area (Å²) >= 11 is 0. The number of carboxylic acids is 4. The molecule has 4 aliphatic heterocycles. The summed E-state index contributed by atoms with van der Waals surface area (Å²) in [5, 5.41) is 86.8. The van der Waals surface area contributed by atoms with Crippen LogP contribution in [-0.4, -0.2) is 386 Å². The van der Waals surface area contributed by atoms with Gasteiger partial charge in [-0.3, -0.25) is 111 Å². The number of aliphatic hydroxyl groups is 1. The highest BCUT2D eigenvalue weighted by atomic mass is 33.1. The Morgan fingerprint density at radius 2 is 1.12 bits per heavy atom. The molecule has 2 aromatic heterocycles. The number of nitrogens with zero attached hydrogens (tertiary/aromatic N) is 6. The van der Waals surface area contributed by atoms with Gasteiger partial charge in [0.05, 0.1) is 57.8 Å². The smallest absolute Gasteiger partial charge is 0.317 e. The van der Waals surface area contributed by atoms with Gasteiger partial charge in [0.25, 0.3) is 0 Å². The topological polar surface area (TPSA) is 682 Å². The van der Waals surface area contributed by atoms with Gasteiger partial charge in [-0.25, -0.2) is 0 Å². The van der Waals surface area contributed by atoms with Crippen LogP contribution in [0.5, 0.6) is 5.75 Å². The summed E-state index contributed by atoms with van der Waals surface area (Å²) in [7, 11) is 4.26. The standard InChI is InChI=1S/C98H136N22O25S2/c1-6-7-22-77(115(4)98(144)85(56(2)121)114-93(139)70(105-57(3)122)44-63-49-104-86-65(63)19-14-24-78(86)145-5)96(142)113-75-55-147-146-54-74(95(141)111-73(97(143)120-32-15-23-76(120)87(100)133)45-62-48-103-66-20-11-10-18-64(62)66)112-92(138)72(47-81(125)126)110-88(134)67(21-12-13-29-102-80(124)50-116-33-35-117(51-82(127)128)37-39-119(53-84(131)132)40-38-118(36-34-116)52-83(129)130)106-89(135)69(43-59-25-26-60-16-8-9-17-61(60)41-59)107-91(137)71(46-79(99)123)109-90(136)68(108-94(75)140)42-58-27-30-101-31-28-58/h8-11,14,16-20,24-26,41,48-49,56,58,67-77,85,101,103-104,121H,6-7,12-13,15,21-23,27-40,42-47,50-55H2,1-5H3,(H2,99,123)(H2,100,133)(H,102,124)(H,105,122)(H,106,135)(H,107,137)(H,108,140)(H,109,136)(H,110,134)(H,111,141)(H,112,138)(H,113,142)(H,114,139)(H,125,126)(H,127,128)(H,129,130)(H,131,132)/t56-,67+,68+,69+,70+,71+,72+,73+,74+,75+,76+,77+,85+/m1/s1. The minimum atomic E-state index is -2.18. The molecule has 0 radical (unpaired) electrons. The lowest BCUT2D eigenvalue weighted by atomic mass is 9.90. The number of carboxylic acid groups (broad SMARTS) is 4. The molecule has 15 amide bonds. The summed E-state index contributed by atoms with van der Waals surface area (Å²) in [4.78, 5) is 287. The Kier molecular flexibility index (Phi) is 44.7. The molecule has 6 aromatic rings. The summed E-state index contributed by atoms with van der Waals surface area (Å²) in [6.45, 7) is 4.23. The van der Waals surface area contributed by atoms with Gasteiger partial charge in [-0.2, -0.15) is 0 Å². The first-order valence-corrected chi connectivity index (χ1v) is 51.7. The van der Waals surface area contributed by atoms with Crippen LogP contribution in [0.4, 0.5) is 0 Å². The number of aromatic amines is 2. The van der Waals surface area contributed by atoms with Crippen molar-refractivity contribution in [3.8, 4) is 5.75 Å². The molecule has 6 heterocycles. The van der Waals surface area contributed by atoms with Gasteiger partial charge in [0.15, 0.2) is 0 Å². The number of aromatic nitrogens is 2. The molecule has 4 aromatic carbocycles. The monoisotopic (exact) mass is 2080 g/mol. The summed E-state index contributed by atoms with van der Waals surface area (Å²) in [5.74, 6) is -21.3. The number of H-pyrrole nitrogens is 2. The number of para-hydroxylation sites is 2. The highest BCUT2D eigenvalue weighted by molar-refractivity contribution is 8.76. The number of carbonyl (C=O) groups is 19. The molecular weight excluding hydrogens is 1950 g/mol. The number of unbranched alkanes of at least 4 members (excludes halogenated alkanes) is 2. The number of primary amides is 2. The number of rotatable bonds is 41. The van der Waals surface area contributed by atoms with E-state index in [2.05, 4.69) is 73.8 Å². The third-order valence-corrected chi connectivity index (χ3v) is 28.8.